The van der Waals surface area contributed by atoms with Gasteiger partial charge in [-0.3, -0.25) is 0 Å². The summed E-state index contributed by atoms with van der Waals surface area (Å²) in [6.07, 6.45) is 4.00. The zero-order valence-corrected chi connectivity index (χ0v) is 13.5. The van der Waals surface area contributed by atoms with Crippen LogP contribution >= 0.6 is 15.9 Å². The van der Waals surface area contributed by atoms with Gasteiger partial charge in [0.15, 0.2) is 0 Å². The van der Waals surface area contributed by atoms with Crippen LogP contribution in [0.2, 0.25) is 0 Å². The van der Waals surface area contributed by atoms with Gasteiger partial charge >= 0.3 is 0 Å². The van der Waals surface area contributed by atoms with Gasteiger partial charge in [-0.05, 0) is 68.2 Å². The molecule has 0 spiro atoms. The van der Waals surface area contributed by atoms with Crippen molar-refractivity contribution in [3.63, 3.8) is 0 Å². The summed E-state index contributed by atoms with van der Waals surface area (Å²) < 4.78 is 1.17. The van der Waals surface area contributed by atoms with E-state index in [9.17, 15) is 0 Å². The first-order valence-corrected chi connectivity index (χ1v) is 7.78. The Labute approximate surface area is 119 Å². The Kier molecular flexibility index (Phi) is 4.37. The van der Waals surface area contributed by atoms with Crippen LogP contribution in [-0.2, 0) is 0 Å². The van der Waals surface area contributed by atoms with Crippen molar-refractivity contribution in [2.45, 2.75) is 53.0 Å². The topological polar surface area (TPSA) is 12.0 Å². The predicted octanol–water partition coefficient (Wildman–Crippen LogP) is 5.30. The average molecular weight is 310 g/mol. The van der Waals surface area contributed by atoms with E-state index in [1.165, 1.54) is 40.5 Å². The van der Waals surface area contributed by atoms with Crippen molar-refractivity contribution in [3.05, 3.63) is 27.7 Å². The second-order valence-electron chi connectivity index (χ2n) is 6.17. The van der Waals surface area contributed by atoms with Gasteiger partial charge in [0.05, 0.1) is 0 Å². The summed E-state index contributed by atoms with van der Waals surface area (Å²) >= 11 is 3.56. The number of halogens is 1. The second kappa shape index (κ2) is 5.64. The molecule has 1 saturated carbocycles. The fourth-order valence-corrected chi connectivity index (χ4v) is 4.09. The summed E-state index contributed by atoms with van der Waals surface area (Å²) in [6.45, 7) is 9.14. The molecular formula is C16H24BrN. The van der Waals surface area contributed by atoms with E-state index in [0.717, 1.165) is 11.8 Å². The van der Waals surface area contributed by atoms with Gasteiger partial charge in [-0.25, -0.2) is 0 Å². The van der Waals surface area contributed by atoms with Crippen molar-refractivity contribution in [1.82, 2.24) is 0 Å². The molecule has 2 heteroatoms. The highest BCUT2D eigenvalue weighted by molar-refractivity contribution is 9.10. The molecule has 0 bridgehead atoms. The highest BCUT2D eigenvalue weighted by atomic mass is 79.9. The summed E-state index contributed by atoms with van der Waals surface area (Å²) in [6, 6.07) is 5.04. The predicted molar refractivity (Wildman–Crippen MR) is 83.2 cm³/mol. The van der Waals surface area contributed by atoms with Crippen LogP contribution in [0.5, 0.6) is 0 Å². The Morgan fingerprint density at radius 2 is 1.50 bits per heavy atom. The van der Waals surface area contributed by atoms with Crippen LogP contribution in [0.3, 0.4) is 0 Å². The van der Waals surface area contributed by atoms with E-state index < -0.39 is 0 Å². The average Bonchev–Trinajstić information content (AvgIpc) is 2.22. The number of hydrogen-bond donors (Lipinski definition) is 1. The maximum absolute atomic E-state index is 3.78. The Balaban J connectivity index is 2.14. The molecule has 2 rings (SSSR count). The van der Waals surface area contributed by atoms with Crippen molar-refractivity contribution in [3.8, 4) is 0 Å². The van der Waals surface area contributed by atoms with E-state index in [-0.39, 0.29) is 0 Å². The zero-order chi connectivity index (χ0) is 13.3. The first-order valence-electron chi connectivity index (χ1n) is 6.99. The minimum atomic E-state index is 0.641. The van der Waals surface area contributed by atoms with Crippen molar-refractivity contribution in [2.24, 2.45) is 11.8 Å². The van der Waals surface area contributed by atoms with E-state index in [1.807, 2.05) is 0 Å². The van der Waals surface area contributed by atoms with Gasteiger partial charge in [-0.2, -0.15) is 0 Å². The molecule has 2 atom stereocenters. The zero-order valence-electron chi connectivity index (χ0n) is 11.9. The van der Waals surface area contributed by atoms with Crippen LogP contribution in [0, 0.1) is 25.7 Å². The molecule has 1 nitrogen and oxygen atoms in total. The SMILES string of the molecule is Cc1cc(Br)cc(C)c1NC1CC(C)CC(C)C1. The molecule has 1 aromatic carbocycles. The van der Waals surface area contributed by atoms with E-state index >= 15 is 0 Å². The van der Waals surface area contributed by atoms with Gasteiger partial charge in [0, 0.05) is 16.2 Å². The summed E-state index contributed by atoms with van der Waals surface area (Å²) in [5.41, 5.74) is 4.02. The van der Waals surface area contributed by atoms with E-state index in [2.05, 4.69) is 61.1 Å². The van der Waals surface area contributed by atoms with Crippen molar-refractivity contribution in [1.29, 1.82) is 0 Å². The molecule has 0 aliphatic heterocycles. The fourth-order valence-electron chi connectivity index (χ4n) is 3.41. The van der Waals surface area contributed by atoms with Crippen LogP contribution in [-0.4, -0.2) is 6.04 Å². The van der Waals surface area contributed by atoms with E-state index in [4.69, 9.17) is 0 Å². The highest BCUT2D eigenvalue weighted by Gasteiger charge is 2.24. The maximum atomic E-state index is 3.78. The van der Waals surface area contributed by atoms with Crippen LogP contribution < -0.4 is 5.32 Å². The summed E-state index contributed by atoms with van der Waals surface area (Å²) in [7, 11) is 0. The number of anilines is 1. The Morgan fingerprint density at radius 1 is 1.00 bits per heavy atom. The van der Waals surface area contributed by atoms with Gasteiger partial charge in [0.2, 0.25) is 0 Å². The van der Waals surface area contributed by atoms with Gasteiger partial charge in [0.25, 0.3) is 0 Å². The number of nitrogens with one attached hydrogen (secondary N) is 1. The summed E-state index contributed by atoms with van der Waals surface area (Å²) in [4.78, 5) is 0. The fraction of sp³-hybridized carbons (Fsp3) is 0.625. The third-order valence-corrected chi connectivity index (χ3v) is 4.48. The van der Waals surface area contributed by atoms with Crippen molar-refractivity contribution < 1.29 is 0 Å². The molecule has 1 N–H and O–H groups in total. The molecule has 1 aliphatic carbocycles. The molecule has 0 amide bonds. The van der Waals surface area contributed by atoms with Crippen LogP contribution in [0.15, 0.2) is 16.6 Å². The number of benzene rings is 1. The van der Waals surface area contributed by atoms with E-state index in [1.54, 1.807) is 0 Å². The highest BCUT2D eigenvalue weighted by Crippen LogP contribution is 2.33. The molecule has 2 unspecified atom stereocenters. The summed E-state index contributed by atoms with van der Waals surface area (Å²) in [5.74, 6) is 1.70. The standard InChI is InChI=1S/C16H24BrN/c1-10-5-11(2)7-15(6-10)18-16-12(3)8-14(17)9-13(16)4/h8-11,15,18H,5-7H2,1-4H3. The number of rotatable bonds is 2. The maximum Gasteiger partial charge on any atom is 0.0402 e. The molecule has 0 aromatic heterocycles. The first-order chi connectivity index (χ1) is 8.45. The number of aryl methyl sites for hydroxylation is 2. The van der Waals surface area contributed by atoms with Crippen LogP contribution in [0.25, 0.3) is 0 Å². The van der Waals surface area contributed by atoms with Gasteiger partial charge < -0.3 is 5.32 Å². The van der Waals surface area contributed by atoms with Gasteiger partial charge in [-0.1, -0.05) is 29.8 Å². The lowest BCUT2D eigenvalue weighted by Gasteiger charge is -2.33. The molecule has 18 heavy (non-hydrogen) atoms. The van der Waals surface area contributed by atoms with Crippen molar-refractivity contribution >= 4 is 21.6 Å². The minimum absolute atomic E-state index is 0.641. The lowest BCUT2D eigenvalue weighted by atomic mass is 9.80. The second-order valence-corrected chi connectivity index (χ2v) is 7.09. The molecule has 1 aliphatic rings. The minimum Gasteiger partial charge on any atom is -0.382 e. The molecule has 0 radical (unpaired) electrons. The number of hydrogen-bond acceptors (Lipinski definition) is 1. The Bertz CT molecular complexity index is 394. The van der Waals surface area contributed by atoms with Gasteiger partial charge in [0.1, 0.15) is 0 Å². The normalized spacial score (nSPS) is 28.2. The third kappa shape index (κ3) is 3.28. The van der Waals surface area contributed by atoms with Crippen LogP contribution in [0.1, 0.15) is 44.2 Å². The third-order valence-electron chi connectivity index (χ3n) is 4.02. The molecule has 100 valence electrons. The molecule has 0 heterocycles. The quantitative estimate of drug-likeness (QED) is 0.781. The molecule has 0 saturated heterocycles. The monoisotopic (exact) mass is 309 g/mol. The molecular weight excluding hydrogens is 286 g/mol. The lowest BCUT2D eigenvalue weighted by Crippen LogP contribution is -2.30. The Hall–Kier alpha value is -0.500. The summed E-state index contributed by atoms with van der Waals surface area (Å²) in [5, 5.41) is 3.78. The smallest absolute Gasteiger partial charge is 0.0402 e. The Morgan fingerprint density at radius 3 is 2.00 bits per heavy atom. The van der Waals surface area contributed by atoms with Gasteiger partial charge in [-0.15, -0.1) is 0 Å². The largest absolute Gasteiger partial charge is 0.382 e. The molecule has 1 aromatic rings. The molecule has 1 fully saturated rings. The van der Waals surface area contributed by atoms with Crippen molar-refractivity contribution in [2.75, 3.05) is 5.32 Å². The van der Waals surface area contributed by atoms with E-state index in [0.29, 0.717) is 6.04 Å². The first kappa shape index (κ1) is 13.9. The lowest BCUT2D eigenvalue weighted by molar-refractivity contribution is 0.280. The van der Waals surface area contributed by atoms with Crippen LogP contribution in [0.4, 0.5) is 5.69 Å².